The highest BCUT2D eigenvalue weighted by Gasteiger charge is 2.32. The van der Waals surface area contributed by atoms with Crippen LogP contribution in [0.15, 0.2) is 0 Å². The Morgan fingerprint density at radius 2 is 1.83 bits per heavy atom. The molecule has 1 N–H and O–H groups in total. The van der Waals surface area contributed by atoms with E-state index in [0.717, 1.165) is 19.1 Å². The van der Waals surface area contributed by atoms with Gasteiger partial charge in [0, 0.05) is 19.8 Å². The first-order chi connectivity index (χ1) is 8.85. The summed E-state index contributed by atoms with van der Waals surface area (Å²) in [6.45, 7) is 3.26. The molecule has 0 radical (unpaired) electrons. The Morgan fingerprint density at radius 1 is 1.11 bits per heavy atom. The molecule has 2 nitrogen and oxygen atoms in total. The van der Waals surface area contributed by atoms with Crippen molar-refractivity contribution in [2.45, 2.75) is 64.2 Å². The van der Waals surface area contributed by atoms with Gasteiger partial charge >= 0.3 is 0 Å². The van der Waals surface area contributed by atoms with Crippen LogP contribution in [0.25, 0.3) is 0 Å². The van der Waals surface area contributed by atoms with Crippen molar-refractivity contribution in [2.75, 3.05) is 26.8 Å². The SMILES string of the molecule is CNCC1(CCCCC2CCOCC2)CCCC1. The summed E-state index contributed by atoms with van der Waals surface area (Å²) in [6.07, 6.45) is 14.2. The van der Waals surface area contributed by atoms with Crippen LogP contribution in [0, 0.1) is 11.3 Å². The second kappa shape index (κ2) is 7.49. The monoisotopic (exact) mass is 253 g/mol. The van der Waals surface area contributed by atoms with Crippen molar-refractivity contribution in [3.8, 4) is 0 Å². The number of hydrogen-bond acceptors (Lipinski definition) is 2. The van der Waals surface area contributed by atoms with Crippen LogP contribution in [0.1, 0.15) is 64.2 Å². The predicted molar refractivity (Wildman–Crippen MR) is 76.8 cm³/mol. The fourth-order valence-electron chi connectivity index (χ4n) is 3.98. The first-order valence-corrected chi connectivity index (χ1v) is 8.07. The van der Waals surface area contributed by atoms with Crippen LogP contribution < -0.4 is 5.32 Å². The summed E-state index contributed by atoms with van der Waals surface area (Å²) < 4.78 is 5.43. The maximum absolute atomic E-state index is 5.43. The minimum Gasteiger partial charge on any atom is -0.381 e. The van der Waals surface area contributed by atoms with Gasteiger partial charge in [0.05, 0.1) is 0 Å². The summed E-state index contributed by atoms with van der Waals surface area (Å²) in [5.41, 5.74) is 0.657. The van der Waals surface area contributed by atoms with Crippen molar-refractivity contribution in [1.29, 1.82) is 0 Å². The molecule has 106 valence electrons. The maximum atomic E-state index is 5.43. The largest absolute Gasteiger partial charge is 0.381 e. The Labute approximate surface area is 113 Å². The van der Waals surface area contributed by atoms with Crippen molar-refractivity contribution >= 4 is 0 Å². The Morgan fingerprint density at radius 3 is 2.50 bits per heavy atom. The Bertz CT molecular complexity index is 217. The van der Waals surface area contributed by atoms with E-state index >= 15 is 0 Å². The highest BCUT2D eigenvalue weighted by molar-refractivity contribution is 4.86. The average molecular weight is 253 g/mol. The zero-order chi connectivity index (χ0) is 12.7. The molecule has 0 unspecified atom stereocenters. The van der Waals surface area contributed by atoms with Crippen molar-refractivity contribution in [1.82, 2.24) is 5.32 Å². The topological polar surface area (TPSA) is 21.3 Å². The normalized spacial score (nSPS) is 24.5. The van der Waals surface area contributed by atoms with E-state index in [0.29, 0.717) is 5.41 Å². The lowest BCUT2D eigenvalue weighted by atomic mass is 9.80. The van der Waals surface area contributed by atoms with Gasteiger partial charge in [-0.15, -0.1) is 0 Å². The van der Waals surface area contributed by atoms with E-state index in [1.165, 1.54) is 70.8 Å². The molecule has 1 aliphatic heterocycles. The Hall–Kier alpha value is -0.0800. The van der Waals surface area contributed by atoms with Crippen LogP contribution in [0.2, 0.25) is 0 Å². The molecule has 0 aromatic rings. The lowest BCUT2D eigenvalue weighted by Gasteiger charge is -2.29. The fraction of sp³-hybridized carbons (Fsp3) is 1.00. The molecule has 0 spiro atoms. The van der Waals surface area contributed by atoms with Gasteiger partial charge in [-0.1, -0.05) is 32.1 Å². The molecule has 0 bridgehead atoms. The third kappa shape index (κ3) is 4.24. The molecule has 0 atom stereocenters. The molecule has 1 saturated heterocycles. The van der Waals surface area contributed by atoms with Crippen molar-refractivity contribution in [2.24, 2.45) is 11.3 Å². The number of ether oxygens (including phenoxy) is 1. The summed E-state index contributed by atoms with van der Waals surface area (Å²) >= 11 is 0. The van der Waals surface area contributed by atoms with E-state index in [2.05, 4.69) is 12.4 Å². The quantitative estimate of drug-likeness (QED) is 0.698. The summed E-state index contributed by atoms with van der Waals surface area (Å²) in [5.74, 6) is 0.961. The third-order valence-corrected chi connectivity index (χ3v) is 5.13. The molecule has 2 aliphatic rings. The molecule has 0 amide bonds. The number of rotatable bonds is 7. The van der Waals surface area contributed by atoms with Gasteiger partial charge in [-0.25, -0.2) is 0 Å². The van der Waals surface area contributed by atoms with Crippen molar-refractivity contribution in [3.63, 3.8) is 0 Å². The molecule has 18 heavy (non-hydrogen) atoms. The lowest BCUT2D eigenvalue weighted by Crippen LogP contribution is -2.29. The highest BCUT2D eigenvalue weighted by atomic mass is 16.5. The molecule has 1 heterocycles. The predicted octanol–water partition coefficient (Wildman–Crippen LogP) is 3.75. The molecule has 2 rings (SSSR count). The highest BCUT2D eigenvalue weighted by Crippen LogP contribution is 2.42. The summed E-state index contributed by atoms with van der Waals surface area (Å²) in [6, 6.07) is 0. The summed E-state index contributed by atoms with van der Waals surface area (Å²) in [7, 11) is 2.11. The van der Waals surface area contributed by atoms with Gasteiger partial charge in [0.2, 0.25) is 0 Å². The Kier molecular flexibility index (Phi) is 5.97. The molecule has 0 aromatic heterocycles. The number of unbranched alkanes of at least 4 members (excludes halogenated alkanes) is 1. The molecule has 1 aliphatic carbocycles. The standard InChI is InChI=1S/C16H31NO/c1-17-14-16(10-4-5-11-16)9-3-2-6-15-7-12-18-13-8-15/h15,17H,2-14H2,1H3. The van der Waals surface area contributed by atoms with Gasteiger partial charge in [-0.2, -0.15) is 0 Å². The molecule has 2 heteroatoms. The Balaban J connectivity index is 1.61. The van der Waals surface area contributed by atoms with E-state index in [1.807, 2.05) is 0 Å². The molecular formula is C16H31NO. The van der Waals surface area contributed by atoms with Gasteiger partial charge in [-0.3, -0.25) is 0 Å². The van der Waals surface area contributed by atoms with E-state index in [1.54, 1.807) is 0 Å². The van der Waals surface area contributed by atoms with Gasteiger partial charge in [0.25, 0.3) is 0 Å². The molecule has 0 aromatic carbocycles. The smallest absolute Gasteiger partial charge is 0.0468 e. The fourth-order valence-corrected chi connectivity index (χ4v) is 3.98. The minimum atomic E-state index is 0.657. The summed E-state index contributed by atoms with van der Waals surface area (Å²) in [4.78, 5) is 0. The second-order valence-corrected chi connectivity index (χ2v) is 6.54. The van der Waals surface area contributed by atoms with Crippen LogP contribution in [-0.4, -0.2) is 26.8 Å². The second-order valence-electron chi connectivity index (χ2n) is 6.54. The van der Waals surface area contributed by atoms with E-state index in [4.69, 9.17) is 4.74 Å². The van der Waals surface area contributed by atoms with Crippen molar-refractivity contribution < 1.29 is 4.74 Å². The van der Waals surface area contributed by atoms with Gasteiger partial charge in [-0.05, 0) is 50.5 Å². The number of nitrogens with one attached hydrogen (secondary N) is 1. The summed E-state index contributed by atoms with van der Waals surface area (Å²) in [5, 5.41) is 3.42. The molecular weight excluding hydrogens is 222 g/mol. The van der Waals surface area contributed by atoms with E-state index in [9.17, 15) is 0 Å². The van der Waals surface area contributed by atoms with Gasteiger partial charge in [0.15, 0.2) is 0 Å². The lowest BCUT2D eigenvalue weighted by molar-refractivity contribution is 0.0627. The molecule has 1 saturated carbocycles. The van der Waals surface area contributed by atoms with Crippen LogP contribution in [0.5, 0.6) is 0 Å². The van der Waals surface area contributed by atoms with Gasteiger partial charge in [0.1, 0.15) is 0 Å². The minimum absolute atomic E-state index is 0.657. The van der Waals surface area contributed by atoms with Gasteiger partial charge < -0.3 is 10.1 Å². The first-order valence-electron chi connectivity index (χ1n) is 8.07. The average Bonchev–Trinajstić information content (AvgIpc) is 2.86. The van der Waals surface area contributed by atoms with E-state index < -0.39 is 0 Å². The number of hydrogen-bond donors (Lipinski definition) is 1. The molecule has 2 fully saturated rings. The van der Waals surface area contributed by atoms with E-state index in [-0.39, 0.29) is 0 Å². The van der Waals surface area contributed by atoms with Crippen LogP contribution >= 0.6 is 0 Å². The zero-order valence-electron chi connectivity index (χ0n) is 12.2. The van der Waals surface area contributed by atoms with Crippen LogP contribution in [0.3, 0.4) is 0 Å². The first kappa shape index (κ1) is 14.3. The van der Waals surface area contributed by atoms with Crippen molar-refractivity contribution in [3.05, 3.63) is 0 Å². The van der Waals surface area contributed by atoms with Crippen LogP contribution in [0.4, 0.5) is 0 Å². The zero-order valence-corrected chi connectivity index (χ0v) is 12.2. The maximum Gasteiger partial charge on any atom is 0.0468 e. The third-order valence-electron chi connectivity index (χ3n) is 5.13. The van der Waals surface area contributed by atoms with Crippen LogP contribution in [-0.2, 0) is 4.74 Å².